The van der Waals surface area contributed by atoms with Crippen LogP contribution >= 0.6 is 0 Å². The van der Waals surface area contributed by atoms with Crippen LogP contribution in [-0.4, -0.2) is 6.54 Å². The molecule has 1 heteroatoms. The van der Waals surface area contributed by atoms with Crippen LogP contribution in [0.1, 0.15) is 77.0 Å². The van der Waals surface area contributed by atoms with Crippen molar-refractivity contribution in [2.45, 2.75) is 72.3 Å². The van der Waals surface area contributed by atoms with Crippen LogP contribution in [0.15, 0.2) is 24.3 Å². The van der Waals surface area contributed by atoms with Crippen LogP contribution in [0.2, 0.25) is 0 Å². The van der Waals surface area contributed by atoms with E-state index in [4.69, 9.17) is 0 Å². The van der Waals surface area contributed by atoms with Gasteiger partial charge in [0.2, 0.25) is 0 Å². The minimum Gasteiger partial charge on any atom is -0.310 e. The number of hydrogen-bond donors (Lipinski definition) is 1. The number of hydrogen-bond acceptors (Lipinski definition) is 1. The molecule has 0 heterocycles. The average molecular weight is 275 g/mol. The second-order valence-electron chi connectivity index (χ2n) is 6.04. The van der Waals surface area contributed by atoms with E-state index in [0.717, 1.165) is 6.54 Å². The SMILES string of the molecule is CCCCc1ccc(C(NCCC)C(C)CCC)cc1. The van der Waals surface area contributed by atoms with E-state index in [1.807, 2.05) is 0 Å². The van der Waals surface area contributed by atoms with Gasteiger partial charge in [0.1, 0.15) is 0 Å². The molecule has 0 saturated heterocycles. The summed E-state index contributed by atoms with van der Waals surface area (Å²) in [6, 6.07) is 9.83. The summed E-state index contributed by atoms with van der Waals surface area (Å²) in [4.78, 5) is 0. The molecule has 0 aliphatic heterocycles. The Balaban J connectivity index is 2.73. The molecule has 0 aliphatic carbocycles. The first kappa shape index (κ1) is 17.2. The fraction of sp³-hybridized carbons (Fsp3) is 0.684. The molecule has 0 amide bonds. The number of rotatable bonds is 10. The van der Waals surface area contributed by atoms with Gasteiger partial charge in [0, 0.05) is 6.04 Å². The average Bonchev–Trinajstić information content (AvgIpc) is 2.47. The smallest absolute Gasteiger partial charge is 0.0346 e. The van der Waals surface area contributed by atoms with Gasteiger partial charge in [0.15, 0.2) is 0 Å². The molecule has 0 radical (unpaired) electrons. The van der Waals surface area contributed by atoms with Crippen LogP contribution in [0.25, 0.3) is 0 Å². The maximum absolute atomic E-state index is 3.73. The molecule has 2 atom stereocenters. The van der Waals surface area contributed by atoms with Crippen LogP contribution < -0.4 is 5.32 Å². The second-order valence-corrected chi connectivity index (χ2v) is 6.04. The van der Waals surface area contributed by atoms with E-state index in [1.165, 1.54) is 49.7 Å². The normalized spacial score (nSPS) is 14.2. The van der Waals surface area contributed by atoms with Crippen molar-refractivity contribution in [3.05, 3.63) is 35.4 Å². The highest BCUT2D eigenvalue weighted by Crippen LogP contribution is 2.26. The Labute approximate surface area is 126 Å². The van der Waals surface area contributed by atoms with Crippen molar-refractivity contribution < 1.29 is 0 Å². The molecule has 1 aromatic rings. The maximum atomic E-state index is 3.73. The van der Waals surface area contributed by atoms with Crippen LogP contribution in [0.4, 0.5) is 0 Å². The van der Waals surface area contributed by atoms with Crippen LogP contribution in [0.5, 0.6) is 0 Å². The van der Waals surface area contributed by atoms with Crippen LogP contribution in [0.3, 0.4) is 0 Å². The summed E-state index contributed by atoms with van der Waals surface area (Å²) in [7, 11) is 0. The number of unbranched alkanes of at least 4 members (excludes halogenated alkanes) is 1. The highest BCUT2D eigenvalue weighted by molar-refractivity contribution is 5.25. The van der Waals surface area contributed by atoms with Crippen molar-refractivity contribution in [1.82, 2.24) is 5.32 Å². The van der Waals surface area contributed by atoms with Crippen molar-refractivity contribution in [3.63, 3.8) is 0 Å². The first-order valence-electron chi connectivity index (χ1n) is 8.55. The molecule has 1 rings (SSSR count). The Morgan fingerprint density at radius 2 is 1.65 bits per heavy atom. The molecule has 0 aliphatic rings. The van der Waals surface area contributed by atoms with E-state index in [0.29, 0.717) is 12.0 Å². The fourth-order valence-corrected chi connectivity index (χ4v) is 2.84. The fourth-order valence-electron chi connectivity index (χ4n) is 2.84. The van der Waals surface area contributed by atoms with Crippen LogP contribution in [-0.2, 0) is 6.42 Å². The van der Waals surface area contributed by atoms with Gasteiger partial charge in [-0.2, -0.15) is 0 Å². The lowest BCUT2D eigenvalue weighted by Crippen LogP contribution is -2.27. The quantitative estimate of drug-likeness (QED) is 0.594. The van der Waals surface area contributed by atoms with Crippen molar-refractivity contribution >= 4 is 0 Å². The summed E-state index contributed by atoms with van der Waals surface area (Å²) in [5.74, 6) is 0.702. The second kappa shape index (κ2) is 9.99. The topological polar surface area (TPSA) is 12.0 Å². The zero-order chi connectivity index (χ0) is 14.8. The molecule has 114 valence electrons. The first-order chi connectivity index (χ1) is 9.72. The standard InChI is InChI=1S/C19H33N/c1-5-8-10-17-11-13-18(14-12-17)19(20-15-7-3)16(4)9-6-2/h11-14,16,19-20H,5-10,15H2,1-4H3. The van der Waals surface area contributed by atoms with Gasteiger partial charge >= 0.3 is 0 Å². The lowest BCUT2D eigenvalue weighted by Gasteiger charge is -2.25. The molecule has 0 fully saturated rings. The number of aryl methyl sites for hydroxylation is 1. The molecule has 1 N–H and O–H groups in total. The molecule has 0 bridgehead atoms. The first-order valence-corrected chi connectivity index (χ1v) is 8.55. The molecular weight excluding hydrogens is 242 g/mol. The summed E-state index contributed by atoms with van der Waals surface area (Å²) in [6.07, 6.45) is 7.54. The molecule has 1 nitrogen and oxygen atoms in total. The van der Waals surface area contributed by atoms with Gasteiger partial charge < -0.3 is 5.32 Å². The van der Waals surface area contributed by atoms with Gasteiger partial charge in [-0.1, -0.05) is 64.8 Å². The Hall–Kier alpha value is -0.820. The zero-order valence-corrected chi connectivity index (χ0v) is 13.9. The van der Waals surface area contributed by atoms with Gasteiger partial charge in [-0.05, 0) is 49.3 Å². The molecule has 0 saturated carbocycles. The van der Waals surface area contributed by atoms with Gasteiger partial charge in [0.05, 0.1) is 0 Å². The van der Waals surface area contributed by atoms with Gasteiger partial charge in [-0.25, -0.2) is 0 Å². The third-order valence-electron chi connectivity index (χ3n) is 4.09. The molecular formula is C19H33N. The number of benzene rings is 1. The van der Waals surface area contributed by atoms with Crippen molar-refractivity contribution in [2.24, 2.45) is 5.92 Å². The Morgan fingerprint density at radius 1 is 0.950 bits per heavy atom. The Kier molecular flexibility index (Phi) is 8.60. The van der Waals surface area contributed by atoms with Crippen molar-refractivity contribution in [2.75, 3.05) is 6.54 Å². The Morgan fingerprint density at radius 3 is 2.20 bits per heavy atom. The maximum Gasteiger partial charge on any atom is 0.0346 e. The van der Waals surface area contributed by atoms with Crippen LogP contribution in [0, 0.1) is 5.92 Å². The molecule has 0 spiro atoms. The van der Waals surface area contributed by atoms with Gasteiger partial charge in [-0.15, -0.1) is 0 Å². The van der Waals surface area contributed by atoms with E-state index in [2.05, 4.69) is 57.3 Å². The Bertz CT molecular complexity index is 341. The minimum absolute atomic E-state index is 0.509. The van der Waals surface area contributed by atoms with E-state index in [-0.39, 0.29) is 0 Å². The zero-order valence-electron chi connectivity index (χ0n) is 13.9. The summed E-state index contributed by atoms with van der Waals surface area (Å²) in [5, 5.41) is 3.73. The van der Waals surface area contributed by atoms with E-state index in [9.17, 15) is 0 Å². The van der Waals surface area contributed by atoms with Gasteiger partial charge in [0.25, 0.3) is 0 Å². The largest absolute Gasteiger partial charge is 0.310 e. The molecule has 0 aromatic heterocycles. The van der Waals surface area contributed by atoms with Crippen molar-refractivity contribution in [1.29, 1.82) is 0 Å². The summed E-state index contributed by atoms with van der Waals surface area (Å²) < 4.78 is 0. The van der Waals surface area contributed by atoms with Gasteiger partial charge in [-0.3, -0.25) is 0 Å². The highest BCUT2D eigenvalue weighted by Gasteiger charge is 2.17. The molecule has 1 aromatic carbocycles. The predicted molar refractivity (Wildman–Crippen MR) is 90.2 cm³/mol. The third kappa shape index (κ3) is 5.66. The third-order valence-corrected chi connectivity index (χ3v) is 4.09. The lowest BCUT2D eigenvalue weighted by atomic mass is 9.90. The molecule has 2 unspecified atom stereocenters. The lowest BCUT2D eigenvalue weighted by molar-refractivity contribution is 0.363. The van der Waals surface area contributed by atoms with E-state index < -0.39 is 0 Å². The monoisotopic (exact) mass is 275 g/mol. The summed E-state index contributed by atoms with van der Waals surface area (Å²) in [5.41, 5.74) is 2.94. The predicted octanol–water partition coefficient (Wildman–Crippen LogP) is 5.51. The number of nitrogens with one attached hydrogen (secondary N) is 1. The minimum atomic E-state index is 0.509. The molecule has 20 heavy (non-hydrogen) atoms. The van der Waals surface area contributed by atoms with E-state index >= 15 is 0 Å². The van der Waals surface area contributed by atoms with E-state index in [1.54, 1.807) is 0 Å². The van der Waals surface area contributed by atoms with Crippen molar-refractivity contribution in [3.8, 4) is 0 Å². The summed E-state index contributed by atoms with van der Waals surface area (Å²) >= 11 is 0. The summed E-state index contributed by atoms with van der Waals surface area (Å²) in [6.45, 7) is 10.3. The highest BCUT2D eigenvalue weighted by atomic mass is 14.9.